The highest BCUT2D eigenvalue weighted by Gasteiger charge is 2.39. The molecule has 0 aliphatic heterocycles. The topological polar surface area (TPSA) is 118 Å². The number of nitro benzene ring substituents is 1. The molecule has 4 aromatic rings. The van der Waals surface area contributed by atoms with E-state index in [1.165, 1.54) is 18.3 Å². The number of carbonyl (C=O) groups excluding carboxylic acids is 1. The molecule has 0 aliphatic carbocycles. The van der Waals surface area contributed by atoms with Crippen LogP contribution in [0.5, 0.6) is 0 Å². The van der Waals surface area contributed by atoms with E-state index in [-0.39, 0.29) is 5.69 Å². The van der Waals surface area contributed by atoms with Gasteiger partial charge in [-0.1, -0.05) is 60.7 Å². The lowest BCUT2D eigenvalue weighted by Crippen LogP contribution is -2.43. The number of furan rings is 1. The highest BCUT2D eigenvalue weighted by atomic mass is 16.6. The summed E-state index contributed by atoms with van der Waals surface area (Å²) in [6, 6.07) is 25.1. The maximum atomic E-state index is 13.1. The van der Waals surface area contributed by atoms with E-state index in [1.807, 2.05) is 0 Å². The van der Waals surface area contributed by atoms with Crippen LogP contribution in [-0.4, -0.2) is 22.2 Å². The average molecular weight is 455 g/mol. The summed E-state index contributed by atoms with van der Waals surface area (Å²) < 4.78 is 5.75. The number of nitrogens with zero attached hydrogens (tertiary/aromatic N) is 2. The van der Waals surface area contributed by atoms with Crippen LogP contribution in [0.3, 0.4) is 0 Å². The van der Waals surface area contributed by atoms with E-state index in [0.29, 0.717) is 33.8 Å². The summed E-state index contributed by atoms with van der Waals surface area (Å²) in [5.74, 6) is 0.139. The predicted octanol–water partition coefficient (Wildman–Crippen LogP) is 4.55. The maximum Gasteiger partial charge on any atom is 0.281 e. The number of hydrogen-bond donors (Lipinski definition) is 2. The molecule has 0 atom stereocenters. The molecule has 0 unspecified atom stereocenters. The first kappa shape index (κ1) is 22.6. The lowest BCUT2D eigenvalue weighted by atomic mass is 9.85. The number of benzene rings is 3. The number of hydrogen-bond acceptors (Lipinski definition) is 6. The number of nitro groups is 1. The smallest absolute Gasteiger partial charge is 0.281 e. The standard InChI is InChI=1S/C26H21N3O5/c1-18-16-21(29(32)33)12-14-23(18)24-15-13-22(34-24)17-27-28-25(30)26(31,19-8-4-2-5-9-19)20-10-6-3-7-11-20/h2-17,31H,1H3,(H,28,30). The van der Waals surface area contributed by atoms with Gasteiger partial charge in [0.05, 0.1) is 11.1 Å². The van der Waals surface area contributed by atoms with Crippen molar-refractivity contribution in [3.8, 4) is 11.3 Å². The molecule has 0 saturated heterocycles. The summed E-state index contributed by atoms with van der Waals surface area (Å²) in [5, 5.41) is 26.3. The van der Waals surface area contributed by atoms with Crippen molar-refractivity contribution in [3.63, 3.8) is 0 Å². The highest BCUT2D eigenvalue weighted by molar-refractivity contribution is 5.91. The third-order valence-electron chi connectivity index (χ3n) is 5.38. The molecule has 0 aliphatic rings. The third kappa shape index (κ3) is 4.48. The first-order valence-corrected chi connectivity index (χ1v) is 10.4. The minimum absolute atomic E-state index is 0.00150. The fraction of sp³-hybridized carbons (Fsp3) is 0.0769. The average Bonchev–Trinajstić information content (AvgIpc) is 3.33. The number of carbonyl (C=O) groups is 1. The summed E-state index contributed by atoms with van der Waals surface area (Å²) >= 11 is 0. The minimum Gasteiger partial charge on any atom is -0.455 e. The van der Waals surface area contributed by atoms with Gasteiger partial charge in [-0.2, -0.15) is 5.10 Å². The molecule has 3 aromatic carbocycles. The second-order valence-electron chi connectivity index (χ2n) is 7.60. The van der Waals surface area contributed by atoms with Gasteiger partial charge < -0.3 is 9.52 Å². The Morgan fingerprint density at radius 3 is 2.18 bits per heavy atom. The van der Waals surface area contributed by atoms with Gasteiger partial charge in [-0.25, -0.2) is 5.43 Å². The Balaban J connectivity index is 1.54. The monoisotopic (exact) mass is 455 g/mol. The molecule has 8 nitrogen and oxygen atoms in total. The van der Waals surface area contributed by atoms with Gasteiger partial charge in [0.15, 0.2) is 5.60 Å². The van der Waals surface area contributed by atoms with Gasteiger partial charge in [0, 0.05) is 17.7 Å². The van der Waals surface area contributed by atoms with Crippen molar-refractivity contribution < 1.29 is 19.2 Å². The van der Waals surface area contributed by atoms with Crippen LogP contribution in [0.4, 0.5) is 5.69 Å². The van der Waals surface area contributed by atoms with Gasteiger partial charge >= 0.3 is 0 Å². The van der Waals surface area contributed by atoms with E-state index in [2.05, 4.69) is 10.5 Å². The molecule has 0 saturated carbocycles. The van der Waals surface area contributed by atoms with E-state index in [0.717, 1.165) is 0 Å². The molecule has 0 spiro atoms. The number of rotatable bonds is 7. The highest BCUT2D eigenvalue weighted by Crippen LogP contribution is 2.30. The Bertz CT molecular complexity index is 1310. The summed E-state index contributed by atoms with van der Waals surface area (Å²) in [6.45, 7) is 1.76. The van der Waals surface area contributed by atoms with E-state index in [4.69, 9.17) is 4.42 Å². The number of aryl methyl sites for hydroxylation is 1. The largest absolute Gasteiger partial charge is 0.455 e. The van der Waals surface area contributed by atoms with E-state index in [1.54, 1.807) is 85.8 Å². The first-order chi connectivity index (χ1) is 16.4. The molecule has 170 valence electrons. The Kier molecular flexibility index (Phi) is 6.33. The van der Waals surface area contributed by atoms with Crippen LogP contribution >= 0.6 is 0 Å². The van der Waals surface area contributed by atoms with Crippen LogP contribution in [0, 0.1) is 17.0 Å². The summed E-state index contributed by atoms with van der Waals surface area (Å²) in [6.07, 6.45) is 1.32. The van der Waals surface area contributed by atoms with Crippen LogP contribution < -0.4 is 5.43 Å². The number of nitrogens with one attached hydrogen (secondary N) is 1. The molecule has 1 aromatic heterocycles. The van der Waals surface area contributed by atoms with Crippen LogP contribution in [0.15, 0.2) is 101 Å². The minimum atomic E-state index is -1.94. The van der Waals surface area contributed by atoms with Crippen LogP contribution in [0.1, 0.15) is 22.5 Å². The Hall–Kier alpha value is -4.56. The molecule has 1 heterocycles. The molecule has 0 bridgehead atoms. The molecule has 1 amide bonds. The summed E-state index contributed by atoms with van der Waals surface area (Å²) in [7, 11) is 0. The number of hydrazone groups is 1. The van der Waals surface area contributed by atoms with Gasteiger partial charge in [0.25, 0.3) is 11.6 Å². The van der Waals surface area contributed by atoms with Crippen molar-refractivity contribution in [3.05, 3.63) is 124 Å². The molecule has 8 heteroatoms. The van der Waals surface area contributed by atoms with Crippen molar-refractivity contribution in [2.24, 2.45) is 5.10 Å². The molecular weight excluding hydrogens is 434 g/mol. The third-order valence-corrected chi connectivity index (χ3v) is 5.38. The van der Waals surface area contributed by atoms with E-state index in [9.17, 15) is 20.0 Å². The zero-order valence-electron chi connectivity index (χ0n) is 18.2. The Labute approximate surface area is 195 Å². The van der Waals surface area contributed by atoms with Crippen LogP contribution in [0.25, 0.3) is 11.3 Å². The van der Waals surface area contributed by atoms with Crippen molar-refractivity contribution in [2.75, 3.05) is 0 Å². The zero-order valence-corrected chi connectivity index (χ0v) is 18.2. The Morgan fingerprint density at radius 2 is 1.62 bits per heavy atom. The number of amides is 1. The molecule has 2 N–H and O–H groups in total. The number of aliphatic hydroxyl groups is 1. The molecule has 4 rings (SSSR count). The summed E-state index contributed by atoms with van der Waals surface area (Å²) in [4.78, 5) is 23.5. The molecular formula is C26H21N3O5. The lowest BCUT2D eigenvalue weighted by molar-refractivity contribution is -0.384. The van der Waals surface area contributed by atoms with Gasteiger partial charge in [-0.3, -0.25) is 14.9 Å². The van der Waals surface area contributed by atoms with Crippen molar-refractivity contribution in [1.82, 2.24) is 5.43 Å². The van der Waals surface area contributed by atoms with Crippen molar-refractivity contribution >= 4 is 17.8 Å². The lowest BCUT2D eigenvalue weighted by Gasteiger charge is -2.26. The quantitative estimate of drug-likeness (QED) is 0.241. The molecule has 0 radical (unpaired) electrons. The summed E-state index contributed by atoms with van der Waals surface area (Å²) in [5.41, 5.74) is 2.66. The first-order valence-electron chi connectivity index (χ1n) is 10.4. The second kappa shape index (κ2) is 9.51. The zero-order chi connectivity index (χ0) is 24.1. The maximum absolute atomic E-state index is 13.1. The Morgan fingerprint density at radius 1 is 1.00 bits per heavy atom. The van der Waals surface area contributed by atoms with Gasteiger partial charge in [-0.15, -0.1) is 0 Å². The fourth-order valence-corrected chi connectivity index (χ4v) is 3.63. The second-order valence-corrected chi connectivity index (χ2v) is 7.60. The van der Waals surface area contributed by atoms with Gasteiger partial charge in [0.2, 0.25) is 0 Å². The van der Waals surface area contributed by atoms with Crippen molar-refractivity contribution in [2.45, 2.75) is 12.5 Å². The van der Waals surface area contributed by atoms with Gasteiger partial charge in [-0.05, 0) is 41.8 Å². The SMILES string of the molecule is Cc1cc([N+](=O)[O-])ccc1-c1ccc(C=NNC(=O)C(O)(c2ccccc2)c2ccccc2)o1. The van der Waals surface area contributed by atoms with Crippen LogP contribution in [-0.2, 0) is 10.4 Å². The van der Waals surface area contributed by atoms with E-state index >= 15 is 0 Å². The van der Waals surface area contributed by atoms with Crippen molar-refractivity contribution in [1.29, 1.82) is 0 Å². The van der Waals surface area contributed by atoms with E-state index < -0.39 is 16.4 Å². The normalized spacial score (nSPS) is 11.5. The molecule has 34 heavy (non-hydrogen) atoms. The number of non-ortho nitro benzene ring substituents is 1. The molecule has 0 fully saturated rings. The van der Waals surface area contributed by atoms with Crippen LogP contribution in [0.2, 0.25) is 0 Å². The predicted molar refractivity (Wildman–Crippen MR) is 127 cm³/mol. The van der Waals surface area contributed by atoms with Gasteiger partial charge in [0.1, 0.15) is 11.5 Å². The fourth-order valence-electron chi connectivity index (χ4n) is 3.63.